The highest BCUT2D eigenvalue weighted by Gasteiger charge is 2.19. The van der Waals surface area contributed by atoms with Crippen LogP contribution in [-0.2, 0) is 16.1 Å². The first-order chi connectivity index (χ1) is 10.1. The van der Waals surface area contributed by atoms with Gasteiger partial charge in [-0.1, -0.05) is 30.8 Å². The van der Waals surface area contributed by atoms with Gasteiger partial charge in [0.05, 0.1) is 18.0 Å². The standard InChI is InChI=1S/C15H18N2O3S/c1-4-9-17-13(18)11-7-5-6-8-12(11)16-15(17)21-10(2)14(19)20-3/h5-8,10H,4,9H2,1-3H3. The van der Waals surface area contributed by atoms with Crippen molar-refractivity contribution >= 4 is 28.6 Å². The smallest absolute Gasteiger partial charge is 0.318 e. The second-order valence-corrected chi connectivity index (χ2v) is 5.96. The highest BCUT2D eigenvalue weighted by atomic mass is 32.2. The summed E-state index contributed by atoms with van der Waals surface area (Å²) in [4.78, 5) is 28.7. The summed E-state index contributed by atoms with van der Waals surface area (Å²) < 4.78 is 6.36. The molecule has 5 nitrogen and oxygen atoms in total. The monoisotopic (exact) mass is 306 g/mol. The van der Waals surface area contributed by atoms with E-state index in [2.05, 4.69) is 4.98 Å². The van der Waals surface area contributed by atoms with Crippen LogP contribution in [0.1, 0.15) is 20.3 Å². The zero-order valence-corrected chi connectivity index (χ0v) is 13.1. The predicted octanol–water partition coefficient (Wildman–Crippen LogP) is 2.46. The highest BCUT2D eigenvalue weighted by Crippen LogP contribution is 2.23. The summed E-state index contributed by atoms with van der Waals surface area (Å²) in [6.45, 7) is 4.32. The van der Waals surface area contributed by atoms with Crippen molar-refractivity contribution in [2.24, 2.45) is 0 Å². The van der Waals surface area contributed by atoms with Gasteiger partial charge in [0.2, 0.25) is 0 Å². The number of methoxy groups -OCH3 is 1. The third kappa shape index (κ3) is 3.26. The maximum atomic E-state index is 12.6. The topological polar surface area (TPSA) is 61.2 Å². The molecule has 1 aromatic heterocycles. The van der Waals surface area contributed by atoms with E-state index in [-0.39, 0.29) is 11.5 Å². The number of ether oxygens (including phenoxy) is 1. The number of aromatic nitrogens is 2. The summed E-state index contributed by atoms with van der Waals surface area (Å²) in [5.41, 5.74) is 0.580. The quantitative estimate of drug-likeness (QED) is 0.482. The normalized spacial score (nSPS) is 12.3. The van der Waals surface area contributed by atoms with Gasteiger partial charge in [0, 0.05) is 6.54 Å². The lowest BCUT2D eigenvalue weighted by Gasteiger charge is -2.14. The van der Waals surface area contributed by atoms with E-state index in [4.69, 9.17) is 4.74 Å². The lowest BCUT2D eigenvalue weighted by atomic mass is 10.2. The van der Waals surface area contributed by atoms with Crippen molar-refractivity contribution in [1.29, 1.82) is 0 Å². The van der Waals surface area contributed by atoms with Crippen molar-refractivity contribution in [3.8, 4) is 0 Å². The van der Waals surface area contributed by atoms with E-state index in [1.54, 1.807) is 23.6 Å². The number of rotatable bonds is 5. The van der Waals surface area contributed by atoms with Gasteiger partial charge in [-0.25, -0.2) is 4.98 Å². The van der Waals surface area contributed by atoms with Crippen molar-refractivity contribution in [2.45, 2.75) is 37.2 Å². The van der Waals surface area contributed by atoms with Crippen molar-refractivity contribution in [3.05, 3.63) is 34.6 Å². The number of carbonyl (C=O) groups is 1. The first-order valence-electron chi connectivity index (χ1n) is 6.82. The van der Waals surface area contributed by atoms with Gasteiger partial charge < -0.3 is 4.74 Å². The Hall–Kier alpha value is -1.82. The van der Waals surface area contributed by atoms with Gasteiger partial charge >= 0.3 is 5.97 Å². The third-order valence-electron chi connectivity index (χ3n) is 3.09. The summed E-state index contributed by atoms with van der Waals surface area (Å²) in [5.74, 6) is -0.328. The van der Waals surface area contributed by atoms with Crippen LogP contribution in [0.4, 0.5) is 0 Å². The molecule has 0 saturated heterocycles. The van der Waals surface area contributed by atoms with E-state index < -0.39 is 5.25 Å². The van der Waals surface area contributed by atoms with Crippen molar-refractivity contribution in [2.75, 3.05) is 7.11 Å². The Balaban J connectivity index is 2.52. The molecule has 0 aliphatic carbocycles. The molecule has 21 heavy (non-hydrogen) atoms. The number of fused-ring (bicyclic) bond motifs is 1. The molecule has 0 aliphatic rings. The number of hydrogen-bond acceptors (Lipinski definition) is 5. The number of benzene rings is 1. The van der Waals surface area contributed by atoms with Crippen LogP contribution >= 0.6 is 11.8 Å². The summed E-state index contributed by atoms with van der Waals surface area (Å²) in [7, 11) is 1.35. The number of thioether (sulfide) groups is 1. The van der Waals surface area contributed by atoms with Crippen LogP contribution in [-0.4, -0.2) is 27.9 Å². The van der Waals surface area contributed by atoms with Crippen LogP contribution < -0.4 is 5.56 Å². The molecule has 1 atom stereocenters. The second kappa shape index (κ2) is 6.76. The van der Waals surface area contributed by atoms with E-state index in [0.29, 0.717) is 22.6 Å². The maximum Gasteiger partial charge on any atom is 0.318 e. The average molecular weight is 306 g/mol. The second-order valence-electron chi connectivity index (χ2n) is 4.65. The molecule has 6 heteroatoms. The number of esters is 1. The number of nitrogens with zero attached hydrogens (tertiary/aromatic N) is 2. The fourth-order valence-corrected chi connectivity index (χ4v) is 2.99. The Kier molecular flexibility index (Phi) is 5.01. The molecule has 1 aromatic carbocycles. The van der Waals surface area contributed by atoms with Crippen LogP contribution in [0.15, 0.2) is 34.2 Å². The molecule has 112 valence electrons. The Morgan fingerprint density at radius 3 is 2.81 bits per heavy atom. The molecule has 2 aromatic rings. The SMILES string of the molecule is CCCn1c(SC(C)C(=O)OC)nc2ccccc2c1=O. The predicted molar refractivity (Wildman–Crippen MR) is 83.6 cm³/mol. The zero-order chi connectivity index (χ0) is 15.4. The van der Waals surface area contributed by atoms with Gasteiger partial charge in [0.25, 0.3) is 5.56 Å². The Morgan fingerprint density at radius 1 is 1.43 bits per heavy atom. The molecule has 0 amide bonds. The molecular weight excluding hydrogens is 288 g/mol. The van der Waals surface area contributed by atoms with Gasteiger partial charge in [-0.05, 0) is 25.5 Å². The Morgan fingerprint density at radius 2 is 2.14 bits per heavy atom. The zero-order valence-electron chi connectivity index (χ0n) is 12.3. The van der Waals surface area contributed by atoms with E-state index in [1.807, 2.05) is 19.1 Å². The molecule has 0 saturated carbocycles. The Labute approximate surface area is 127 Å². The summed E-state index contributed by atoms with van der Waals surface area (Å²) >= 11 is 1.25. The van der Waals surface area contributed by atoms with Gasteiger partial charge in [-0.15, -0.1) is 0 Å². The molecule has 0 radical (unpaired) electrons. The largest absolute Gasteiger partial charge is 0.468 e. The van der Waals surface area contributed by atoms with Crippen LogP contribution in [0, 0.1) is 0 Å². The number of hydrogen-bond donors (Lipinski definition) is 0. The molecule has 2 rings (SSSR count). The average Bonchev–Trinajstić information content (AvgIpc) is 2.50. The summed E-state index contributed by atoms with van der Waals surface area (Å²) in [6.07, 6.45) is 0.820. The van der Waals surface area contributed by atoms with Crippen molar-refractivity contribution in [3.63, 3.8) is 0 Å². The summed E-state index contributed by atoms with van der Waals surface area (Å²) in [5, 5.41) is 0.741. The minimum atomic E-state index is -0.411. The molecule has 0 aliphatic heterocycles. The maximum absolute atomic E-state index is 12.6. The number of carbonyl (C=O) groups excluding carboxylic acids is 1. The molecular formula is C15H18N2O3S. The Bertz CT molecular complexity index is 712. The minimum Gasteiger partial charge on any atom is -0.468 e. The molecule has 0 spiro atoms. The minimum absolute atomic E-state index is 0.0676. The lowest BCUT2D eigenvalue weighted by molar-refractivity contribution is -0.139. The van der Waals surface area contributed by atoms with Crippen LogP contribution in [0.3, 0.4) is 0 Å². The summed E-state index contributed by atoms with van der Waals surface area (Å²) in [6, 6.07) is 7.25. The molecule has 0 fully saturated rings. The van der Waals surface area contributed by atoms with Gasteiger partial charge in [0.1, 0.15) is 5.25 Å². The lowest BCUT2D eigenvalue weighted by Crippen LogP contribution is -2.25. The van der Waals surface area contributed by atoms with Crippen LogP contribution in [0.2, 0.25) is 0 Å². The first-order valence-corrected chi connectivity index (χ1v) is 7.70. The van der Waals surface area contributed by atoms with Gasteiger partial charge in [-0.3, -0.25) is 14.2 Å². The van der Waals surface area contributed by atoms with Crippen LogP contribution in [0.5, 0.6) is 0 Å². The van der Waals surface area contributed by atoms with Gasteiger partial charge in [0.15, 0.2) is 5.16 Å². The fourth-order valence-electron chi connectivity index (χ4n) is 2.03. The van der Waals surface area contributed by atoms with Crippen molar-refractivity contribution < 1.29 is 9.53 Å². The van der Waals surface area contributed by atoms with Crippen LogP contribution in [0.25, 0.3) is 10.9 Å². The third-order valence-corrected chi connectivity index (χ3v) is 4.16. The van der Waals surface area contributed by atoms with E-state index >= 15 is 0 Å². The fraction of sp³-hybridized carbons (Fsp3) is 0.400. The van der Waals surface area contributed by atoms with Crippen molar-refractivity contribution in [1.82, 2.24) is 9.55 Å². The molecule has 0 bridgehead atoms. The molecule has 0 N–H and O–H groups in total. The first kappa shape index (κ1) is 15.6. The van der Waals surface area contributed by atoms with E-state index in [9.17, 15) is 9.59 Å². The molecule has 1 heterocycles. The van der Waals surface area contributed by atoms with E-state index in [0.717, 1.165) is 6.42 Å². The number of para-hydroxylation sites is 1. The van der Waals surface area contributed by atoms with Gasteiger partial charge in [-0.2, -0.15) is 0 Å². The van der Waals surface area contributed by atoms with E-state index in [1.165, 1.54) is 18.9 Å². The molecule has 1 unspecified atom stereocenters. The highest BCUT2D eigenvalue weighted by molar-refractivity contribution is 8.00.